The van der Waals surface area contributed by atoms with Crippen molar-refractivity contribution in [3.8, 4) is 0 Å². The molecule has 2 heterocycles. The van der Waals surface area contributed by atoms with Gasteiger partial charge in [-0.1, -0.05) is 115 Å². The number of fused-ring (bicyclic) bond motifs is 6. The summed E-state index contributed by atoms with van der Waals surface area (Å²) in [6.45, 7) is 10.4. The van der Waals surface area contributed by atoms with E-state index in [-0.39, 0.29) is 57.4 Å². The average molecular weight is 852 g/mol. The van der Waals surface area contributed by atoms with E-state index in [2.05, 4.69) is 134 Å². The number of benzene rings is 4. The number of hydrogen-bond donors (Lipinski definition) is 1. The summed E-state index contributed by atoms with van der Waals surface area (Å²) in [6.07, 6.45) is 13.8. The van der Waals surface area contributed by atoms with Crippen LogP contribution in [-0.4, -0.2) is 53.3 Å². The van der Waals surface area contributed by atoms with Crippen LogP contribution in [0.3, 0.4) is 0 Å². The molecule has 0 saturated carbocycles. The Morgan fingerprint density at radius 3 is 2.14 bits per heavy atom. The van der Waals surface area contributed by atoms with E-state index in [0.717, 1.165) is 59.8 Å². The summed E-state index contributed by atoms with van der Waals surface area (Å²) >= 11 is 7.30. The Morgan fingerprint density at radius 2 is 1.47 bits per heavy atom. The van der Waals surface area contributed by atoms with Crippen molar-refractivity contribution in [3.63, 3.8) is 0 Å². The molecule has 0 spiro atoms. The largest absolute Gasteiger partial charge is 1.00 e. The fourth-order valence-corrected chi connectivity index (χ4v) is 10.5. The molecule has 302 valence electrons. The van der Waals surface area contributed by atoms with Crippen LogP contribution in [0.25, 0.3) is 21.5 Å². The standard InChI is InChI=1S/C46H50ClN2O5S2.Na.H2O/c1-45(2)40(48(28-9-11-30-55(50)51)38-24-20-32-14-5-7-18-36(32)42(38)45)26-22-34-16-13-17-35(44(34)47)23-27-41-46(3,4)43-37-19-8-6-15-33(37)21-25-39(43)49(41)29-10-12-31-56(52,53)54;;/h5-8,14-15,18-27H,9-13,16-17,28-31H2,1-4H3;;1H2/q-1;+1;. The molecular formula is C46H52ClN2NaO6S2. The van der Waals surface area contributed by atoms with E-state index in [1.54, 1.807) is 0 Å². The van der Waals surface area contributed by atoms with Gasteiger partial charge in [0.05, 0.1) is 11.2 Å². The van der Waals surface area contributed by atoms with Crippen LogP contribution in [0, 0.1) is 0 Å². The van der Waals surface area contributed by atoms with Crippen LogP contribution in [0.15, 0.2) is 119 Å². The summed E-state index contributed by atoms with van der Waals surface area (Å²) in [6, 6.07) is 25.6. The molecule has 0 unspecified atom stereocenters. The van der Waals surface area contributed by atoms with Crippen molar-refractivity contribution in [1.29, 1.82) is 0 Å². The normalized spacial score (nSPS) is 18.8. The van der Waals surface area contributed by atoms with Crippen LogP contribution in [0.4, 0.5) is 11.4 Å². The van der Waals surface area contributed by atoms with Crippen molar-refractivity contribution in [2.45, 2.75) is 83.5 Å². The predicted molar refractivity (Wildman–Crippen MR) is 234 cm³/mol. The van der Waals surface area contributed by atoms with E-state index in [0.29, 0.717) is 25.8 Å². The van der Waals surface area contributed by atoms with Crippen LogP contribution < -0.4 is 34.5 Å². The summed E-state index contributed by atoms with van der Waals surface area (Å²) < 4.78 is 57.4. The molecule has 0 aromatic heterocycles. The predicted octanol–water partition coefficient (Wildman–Crippen LogP) is 7.80. The minimum absolute atomic E-state index is 0. The number of rotatable bonds is 13. The van der Waals surface area contributed by atoms with Gasteiger partial charge in [0.2, 0.25) is 5.69 Å². The van der Waals surface area contributed by atoms with Crippen LogP contribution >= 0.6 is 11.6 Å². The van der Waals surface area contributed by atoms with Crippen molar-refractivity contribution >= 4 is 71.1 Å². The molecule has 2 N–H and O–H groups in total. The number of hydrogen-bond acceptors (Lipinski definition) is 7. The zero-order chi connectivity index (χ0) is 39.8. The summed E-state index contributed by atoms with van der Waals surface area (Å²) in [5, 5.41) is 5.58. The summed E-state index contributed by atoms with van der Waals surface area (Å²) in [5.41, 5.74) is 8.67. The molecule has 0 saturated heterocycles. The van der Waals surface area contributed by atoms with Gasteiger partial charge in [0.25, 0.3) is 10.1 Å². The molecule has 0 bridgehead atoms. The first-order valence-corrected chi connectivity index (χ1v) is 22.9. The van der Waals surface area contributed by atoms with Gasteiger partial charge in [-0.25, -0.2) is 0 Å². The minimum Gasteiger partial charge on any atom is -0.870 e. The third-order valence-electron chi connectivity index (χ3n) is 11.8. The van der Waals surface area contributed by atoms with Crippen LogP contribution in [0.5, 0.6) is 0 Å². The van der Waals surface area contributed by atoms with Gasteiger partial charge in [-0.05, 0) is 102 Å². The SMILES string of the molecule is CC1(C)C(/C=C/C2=C(Cl)C(=C/C=C3/N(CCCCS(=O)(=O)O)c4ccc5ccccc5c4C3(C)C)/CCC2)=[N+](CCCC[S-](=O)=O)c2ccc3ccccc3c21.[Na+].[OH-]. The molecule has 4 aromatic rings. The van der Waals surface area contributed by atoms with E-state index >= 15 is 0 Å². The van der Waals surface area contributed by atoms with Crippen molar-refractivity contribution in [1.82, 2.24) is 0 Å². The Labute approximate surface area is 372 Å². The second kappa shape index (κ2) is 18.7. The molecule has 1 aliphatic carbocycles. The molecule has 0 atom stereocenters. The van der Waals surface area contributed by atoms with Gasteiger partial charge < -0.3 is 18.8 Å². The average Bonchev–Trinajstić information content (AvgIpc) is 3.51. The summed E-state index contributed by atoms with van der Waals surface area (Å²) in [4.78, 5) is 2.31. The molecule has 4 aromatic carbocycles. The smallest absolute Gasteiger partial charge is 0.870 e. The molecule has 0 fully saturated rings. The van der Waals surface area contributed by atoms with Gasteiger partial charge in [-0.3, -0.25) is 4.55 Å². The first kappa shape index (κ1) is 46.0. The molecule has 0 amide bonds. The zero-order valence-electron chi connectivity index (χ0n) is 34.1. The third-order valence-corrected chi connectivity index (χ3v) is 13.7. The zero-order valence-corrected chi connectivity index (χ0v) is 38.5. The molecule has 2 aliphatic heterocycles. The van der Waals surface area contributed by atoms with E-state index in [1.807, 2.05) is 0 Å². The van der Waals surface area contributed by atoms with Crippen LogP contribution in [-0.2, 0) is 40.1 Å². The maximum Gasteiger partial charge on any atom is 1.00 e. The molecule has 7 rings (SSSR count). The molecule has 12 heteroatoms. The van der Waals surface area contributed by atoms with Crippen molar-refractivity contribution in [3.05, 3.63) is 130 Å². The molecule has 8 nitrogen and oxygen atoms in total. The van der Waals surface area contributed by atoms with E-state index in [9.17, 15) is 21.4 Å². The quantitative estimate of drug-likeness (QED) is 0.0479. The number of anilines is 1. The van der Waals surface area contributed by atoms with E-state index in [1.165, 1.54) is 44.1 Å². The Bertz CT molecular complexity index is 2560. The maximum atomic E-state index is 11.5. The fourth-order valence-electron chi connectivity index (χ4n) is 9.16. The van der Waals surface area contributed by atoms with Crippen molar-refractivity contribution < 1.29 is 61.0 Å². The Morgan fingerprint density at radius 1 is 0.810 bits per heavy atom. The second-order valence-corrected chi connectivity index (χ2v) is 19.2. The van der Waals surface area contributed by atoms with Gasteiger partial charge in [0, 0.05) is 52.5 Å². The third kappa shape index (κ3) is 9.30. The number of allylic oxidation sites excluding steroid dienone is 8. The topological polar surface area (TPSA) is 125 Å². The Hall–Kier alpha value is -3.06. The van der Waals surface area contributed by atoms with Crippen molar-refractivity contribution in [2.24, 2.45) is 0 Å². The fraction of sp³-hybridized carbons (Fsp3) is 0.370. The number of nitrogens with zero attached hydrogens (tertiary/aromatic N) is 2. The number of halogens is 1. The summed E-state index contributed by atoms with van der Waals surface area (Å²) in [5.74, 6) is -0.0959. The Kier molecular flexibility index (Phi) is 14.8. The van der Waals surface area contributed by atoms with Crippen LogP contribution in [0.2, 0.25) is 0 Å². The van der Waals surface area contributed by atoms with E-state index < -0.39 is 20.8 Å². The first-order chi connectivity index (χ1) is 26.7. The minimum atomic E-state index is -4.03. The maximum absolute atomic E-state index is 11.5. The van der Waals surface area contributed by atoms with Gasteiger partial charge in [-0.2, -0.15) is 13.0 Å². The van der Waals surface area contributed by atoms with Gasteiger partial charge >= 0.3 is 29.6 Å². The van der Waals surface area contributed by atoms with Gasteiger partial charge in [0.1, 0.15) is 6.54 Å². The Balaban J connectivity index is 0.00000320. The summed E-state index contributed by atoms with van der Waals surface area (Å²) in [7, 11) is -6.08. The molecule has 0 radical (unpaired) electrons. The first-order valence-electron chi connectivity index (χ1n) is 19.6. The van der Waals surface area contributed by atoms with Crippen LogP contribution in [0.1, 0.15) is 83.8 Å². The van der Waals surface area contributed by atoms with E-state index in [4.69, 9.17) is 11.6 Å². The van der Waals surface area contributed by atoms with Crippen molar-refractivity contribution in [2.75, 3.05) is 29.5 Å². The number of unbranched alkanes of at least 4 members (excludes halogenated alkanes) is 2. The second-order valence-electron chi connectivity index (χ2n) is 16.3. The van der Waals surface area contributed by atoms with Gasteiger partial charge in [0.15, 0.2) is 5.71 Å². The van der Waals surface area contributed by atoms with Gasteiger partial charge in [-0.15, -0.1) is 0 Å². The molecule has 3 aliphatic rings. The molecular weight excluding hydrogens is 799 g/mol. The molecule has 58 heavy (non-hydrogen) atoms. The monoisotopic (exact) mass is 850 g/mol.